The molecule has 1 aliphatic rings. The van der Waals surface area contributed by atoms with Crippen LogP contribution in [0.25, 0.3) is 11.0 Å². The quantitative estimate of drug-likeness (QED) is 0.717. The van der Waals surface area contributed by atoms with E-state index in [0.29, 0.717) is 11.3 Å². The van der Waals surface area contributed by atoms with Gasteiger partial charge in [-0.2, -0.15) is 8.75 Å². The van der Waals surface area contributed by atoms with Gasteiger partial charge in [0.05, 0.1) is 11.7 Å². The van der Waals surface area contributed by atoms with E-state index in [-0.39, 0.29) is 23.8 Å². The van der Waals surface area contributed by atoms with Crippen LogP contribution in [0.2, 0.25) is 0 Å². The summed E-state index contributed by atoms with van der Waals surface area (Å²) in [6, 6.07) is 7.17. The van der Waals surface area contributed by atoms with Crippen LogP contribution in [-0.2, 0) is 4.79 Å². The largest absolute Gasteiger partial charge is 0.329 e. The fourth-order valence-corrected chi connectivity index (χ4v) is 3.35. The van der Waals surface area contributed by atoms with Crippen molar-refractivity contribution in [1.82, 2.24) is 13.7 Å². The lowest BCUT2D eigenvalue weighted by Gasteiger charge is -2.25. The van der Waals surface area contributed by atoms with Crippen molar-refractivity contribution in [2.75, 3.05) is 5.32 Å². The van der Waals surface area contributed by atoms with E-state index in [1.807, 2.05) is 12.1 Å². The highest BCUT2D eigenvalue weighted by Gasteiger charge is 2.30. The van der Waals surface area contributed by atoms with Crippen molar-refractivity contribution in [3.05, 3.63) is 51.9 Å². The molecule has 3 aromatic rings. The molecule has 0 radical (unpaired) electrons. The molecule has 6 nitrogen and oxygen atoms in total. The van der Waals surface area contributed by atoms with Gasteiger partial charge in [-0.1, -0.05) is 6.07 Å². The average Bonchev–Trinajstić information content (AvgIpc) is 2.95. The summed E-state index contributed by atoms with van der Waals surface area (Å²) in [4.78, 5) is 26.7. The zero-order valence-electron chi connectivity index (χ0n) is 10.8. The third-order valence-corrected chi connectivity index (χ3v) is 4.25. The topological polar surface area (TPSA) is 87.7 Å². The van der Waals surface area contributed by atoms with Gasteiger partial charge in [-0.25, -0.2) is 0 Å². The van der Waals surface area contributed by atoms with E-state index in [0.717, 1.165) is 28.3 Å². The van der Waals surface area contributed by atoms with E-state index in [9.17, 15) is 9.59 Å². The predicted octanol–water partition coefficient (Wildman–Crippen LogP) is 1.85. The molecule has 4 rings (SSSR count). The molecule has 0 aliphatic carbocycles. The molecule has 1 aliphatic heterocycles. The molecule has 1 atom stereocenters. The van der Waals surface area contributed by atoms with Gasteiger partial charge in [-0.3, -0.25) is 9.59 Å². The molecule has 0 saturated carbocycles. The summed E-state index contributed by atoms with van der Waals surface area (Å²) in [5.74, 6) is -0.399. The van der Waals surface area contributed by atoms with Gasteiger partial charge in [0, 0.05) is 35.3 Å². The van der Waals surface area contributed by atoms with Crippen molar-refractivity contribution < 1.29 is 4.79 Å². The van der Waals surface area contributed by atoms with E-state index >= 15 is 0 Å². The van der Waals surface area contributed by atoms with Crippen LogP contribution in [0.1, 0.15) is 23.5 Å². The number of hydrogen-bond acceptors (Lipinski definition) is 5. The van der Waals surface area contributed by atoms with Gasteiger partial charge >= 0.3 is 0 Å². The first-order valence-electron chi connectivity index (χ1n) is 6.46. The minimum Gasteiger partial charge on any atom is -0.329 e. The number of aromatic amines is 1. The summed E-state index contributed by atoms with van der Waals surface area (Å²) in [5, 5.41) is 2.85. The van der Waals surface area contributed by atoms with Crippen LogP contribution in [0, 0.1) is 0 Å². The van der Waals surface area contributed by atoms with Gasteiger partial charge in [-0.05, 0) is 18.2 Å². The Morgan fingerprint density at radius 3 is 2.95 bits per heavy atom. The van der Waals surface area contributed by atoms with Gasteiger partial charge in [0.25, 0.3) is 5.56 Å². The van der Waals surface area contributed by atoms with Crippen LogP contribution < -0.4 is 10.9 Å². The number of carbonyl (C=O) groups is 1. The fourth-order valence-electron chi connectivity index (χ4n) is 2.80. The van der Waals surface area contributed by atoms with Gasteiger partial charge < -0.3 is 10.3 Å². The van der Waals surface area contributed by atoms with Crippen molar-refractivity contribution in [2.24, 2.45) is 0 Å². The summed E-state index contributed by atoms with van der Waals surface area (Å²) in [7, 11) is 0. The Bertz CT molecular complexity index is 914. The van der Waals surface area contributed by atoms with Gasteiger partial charge in [0.2, 0.25) is 5.91 Å². The van der Waals surface area contributed by atoms with Crippen molar-refractivity contribution >= 4 is 34.4 Å². The molecule has 0 fully saturated rings. The maximum absolute atomic E-state index is 12.1. The SMILES string of the molecule is O=C1C[C@H](c2ccc[nH]c2=O)c2c(ccc3nsnc23)N1. The van der Waals surface area contributed by atoms with Crippen LogP contribution >= 0.6 is 11.7 Å². The Balaban J connectivity index is 2.02. The number of amides is 1. The van der Waals surface area contributed by atoms with E-state index in [1.54, 1.807) is 18.3 Å². The Hall–Kier alpha value is -2.54. The maximum Gasteiger partial charge on any atom is 0.251 e. The molecule has 1 amide bonds. The Morgan fingerprint density at radius 2 is 2.10 bits per heavy atom. The zero-order valence-corrected chi connectivity index (χ0v) is 11.6. The molecule has 2 N–H and O–H groups in total. The molecule has 21 heavy (non-hydrogen) atoms. The number of nitrogens with one attached hydrogen (secondary N) is 2. The van der Waals surface area contributed by atoms with Gasteiger partial charge in [0.15, 0.2) is 0 Å². The van der Waals surface area contributed by atoms with E-state index < -0.39 is 0 Å². The summed E-state index contributed by atoms with van der Waals surface area (Å²) < 4.78 is 8.56. The number of nitrogens with zero attached hydrogens (tertiary/aromatic N) is 2. The summed E-state index contributed by atoms with van der Waals surface area (Å²) in [6.45, 7) is 0. The smallest absolute Gasteiger partial charge is 0.251 e. The van der Waals surface area contributed by atoms with Crippen LogP contribution in [0.3, 0.4) is 0 Å². The number of aromatic nitrogens is 3. The summed E-state index contributed by atoms with van der Waals surface area (Å²) in [6.07, 6.45) is 1.82. The zero-order chi connectivity index (χ0) is 14.4. The van der Waals surface area contributed by atoms with Gasteiger partial charge in [0.1, 0.15) is 11.0 Å². The Kier molecular flexibility index (Phi) is 2.61. The monoisotopic (exact) mass is 298 g/mol. The molecule has 0 spiro atoms. The minimum absolute atomic E-state index is 0.0988. The lowest BCUT2D eigenvalue weighted by molar-refractivity contribution is -0.116. The van der Waals surface area contributed by atoms with Crippen LogP contribution in [0.4, 0.5) is 5.69 Å². The summed E-state index contributed by atoms with van der Waals surface area (Å²) in [5.41, 5.74) is 3.52. The van der Waals surface area contributed by atoms with Crippen molar-refractivity contribution in [3.8, 4) is 0 Å². The first-order chi connectivity index (χ1) is 10.2. The second kappa shape index (κ2) is 4.49. The second-order valence-electron chi connectivity index (χ2n) is 4.92. The van der Waals surface area contributed by atoms with E-state index in [4.69, 9.17) is 0 Å². The number of H-pyrrole nitrogens is 1. The molecule has 0 unspecified atom stereocenters. The highest BCUT2D eigenvalue weighted by atomic mass is 32.1. The minimum atomic E-state index is -0.300. The van der Waals surface area contributed by atoms with E-state index in [2.05, 4.69) is 19.0 Å². The van der Waals surface area contributed by atoms with Crippen LogP contribution in [0.5, 0.6) is 0 Å². The lowest BCUT2D eigenvalue weighted by Crippen LogP contribution is -2.27. The molecule has 2 aromatic heterocycles. The highest BCUT2D eigenvalue weighted by Crippen LogP contribution is 2.39. The molecular weight excluding hydrogens is 288 g/mol. The molecule has 3 heterocycles. The number of fused-ring (bicyclic) bond motifs is 3. The van der Waals surface area contributed by atoms with Crippen molar-refractivity contribution in [1.29, 1.82) is 0 Å². The average molecular weight is 298 g/mol. The molecule has 1 aromatic carbocycles. The number of hydrogen-bond donors (Lipinski definition) is 2. The third kappa shape index (κ3) is 1.85. The molecule has 104 valence electrons. The van der Waals surface area contributed by atoms with Crippen LogP contribution in [0.15, 0.2) is 35.3 Å². The third-order valence-electron chi connectivity index (χ3n) is 3.70. The van der Waals surface area contributed by atoms with Crippen molar-refractivity contribution in [2.45, 2.75) is 12.3 Å². The molecule has 0 bridgehead atoms. The normalized spacial score (nSPS) is 17.5. The number of anilines is 1. The van der Waals surface area contributed by atoms with Crippen molar-refractivity contribution in [3.63, 3.8) is 0 Å². The number of carbonyl (C=O) groups excluding carboxylic acids is 1. The molecular formula is C14H10N4O2S. The number of rotatable bonds is 1. The second-order valence-corrected chi connectivity index (χ2v) is 5.45. The predicted molar refractivity (Wildman–Crippen MR) is 79.6 cm³/mol. The van der Waals surface area contributed by atoms with Gasteiger partial charge in [-0.15, -0.1) is 0 Å². The van der Waals surface area contributed by atoms with Crippen LogP contribution in [-0.4, -0.2) is 19.6 Å². The Labute approximate surface area is 123 Å². The first kappa shape index (κ1) is 12.2. The number of pyridine rings is 1. The van der Waals surface area contributed by atoms with E-state index in [1.165, 1.54) is 0 Å². The fraction of sp³-hybridized carbons (Fsp3) is 0.143. The standard InChI is InChI=1S/C14H10N4O2S/c19-11-6-8(7-2-1-5-15-14(7)20)12-9(16-11)3-4-10-13(12)18-21-17-10/h1-5,8H,6H2,(H,15,20)(H,16,19)/t8-/m1/s1. The molecule has 7 heteroatoms. The summed E-state index contributed by atoms with van der Waals surface area (Å²) >= 11 is 1.13. The number of benzene rings is 1. The Morgan fingerprint density at radius 1 is 1.19 bits per heavy atom. The highest BCUT2D eigenvalue weighted by molar-refractivity contribution is 7.00. The first-order valence-corrected chi connectivity index (χ1v) is 7.19. The molecule has 0 saturated heterocycles. The maximum atomic E-state index is 12.1. The lowest BCUT2D eigenvalue weighted by atomic mass is 9.84.